The van der Waals surface area contributed by atoms with Crippen LogP contribution in [-0.2, 0) is 24.4 Å². The van der Waals surface area contributed by atoms with E-state index in [1.807, 2.05) is 20.8 Å². The van der Waals surface area contributed by atoms with Crippen molar-refractivity contribution in [2.75, 3.05) is 6.54 Å². The minimum atomic E-state index is -0.935. The van der Waals surface area contributed by atoms with E-state index < -0.39 is 34.4 Å². The third-order valence-corrected chi connectivity index (χ3v) is 5.85. The van der Waals surface area contributed by atoms with Gasteiger partial charge in [0, 0.05) is 25.1 Å². The normalized spacial score (nSPS) is 19.3. The first-order chi connectivity index (χ1) is 17.9. The smallest absolute Gasteiger partial charge is 0.419 e. The van der Waals surface area contributed by atoms with Gasteiger partial charge < -0.3 is 14.2 Å². The molecule has 2 amide bonds. The minimum absolute atomic E-state index is 0.0804. The molecule has 2 atom stereocenters. The van der Waals surface area contributed by atoms with E-state index in [9.17, 15) is 14.4 Å². The Kier molecular flexibility index (Phi) is 8.43. The summed E-state index contributed by atoms with van der Waals surface area (Å²) >= 11 is 0. The number of carbonyl (C=O) groups is 3. The van der Waals surface area contributed by atoms with Gasteiger partial charge in [-0.1, -0.05) is 0 Å². The highest BCUT2D eigenvalue weighted by atomic mass is 16.6. The molecule has 0 spiro atoms. The van der Waals surface area contributed by atoms with Crippen LogP contribution >= 0.6 is 0 Å². The molecule has 1 fully saturated rings. The first-order valence-corrected chi connectivity index (χ1v) is 13.2. The van der Waals surface area contributed by atoms with E-state index in [4.69, 9.17) is 14.2 Å². The lowest BCUT2D eigenvalue weighted by atomic mass is 9.97. The molecule has 1 aliphatic rings. The van der Waals surface area contributed by atoms with E-state index in [0.717, 1.165) is 4.90 Å². The number of imide groups is 1. The zero-order valence-electron chi connectivity index (χ0n) is 24.5. The van der Waals surface area contributed by atoms with Crippen LogP contribution in [0.4, 0.5) is 9.59 Å². The van der Waals surface area contributed by atoms with Gasteiger partial charge in [0.2, 0.25) is 5.95 Å². The zero-order valence-corrected chi connectivity index (χ0v) is 24.5. The summed E-state index contributed by atoms with van der Waals surface area (Å²) in [4.78, 5) is 53.1. The number of nitrogens with zero attached hydrogens (tertiary/aromatic N) is 5. The topological polar surface area (TPSA) is 126 Å². The highest BCUT2D eigenvalue weighted by Crippen LogP contribution is 2.57. The van der Waals surface area contributed by atoms with Crippen LogP contribution in [0.3, 0.4) is 0 Å². The molecule has 0 radical (unpaired) electrons. The van der Waals surface area contributed by atoms with Crippen LogP contribution in [0.1, 0.15) is 87.3 Å². The lowest BCUT2D eigenvalue weighted by Gasteiger charge is -2.28. The fourth-order valence-electron chi connectivity index (χ4n) is 4.19. The summed E-state index contributed by atoms with van der Waals surface area (Å²) < 4.78 is 18.4. The molecule has 2 unspecified atom stereocenters. The summed E-state index contributed by atoms with van der Waals surface area (Å²) in [5.41, 5.74) is -2.59. The molecule has 3 rings (SSSR count). The summed E-state index contributed by atoms with van der Waals surface area (Å²) in [6, 6.07) is 1.72. The van der Waals surface area contributed by atoms with Crippen molar-refractivity contribution >= 4 is 18.2 Å². The van der Waals surface area contributed by atoms with Gasteiger partial charge in [0.15, 0.2) is 0 Å². The average Bonchev–Trinajstić information content (AvgIpc) is 3.29. The number of esters is 1. The second kappa shape index (κ2) is 10.9. The van der Waals surface area contributed by atoms with Crippen LogP contribution in [0.15, 0.2) is 31.0 Å². The predicted molar refractivity (Wildman–Crippen MR) is 143 cm³/mol. The molecule has 214 valence electrons. The second-order valence-electron chi connectivity index (χ2n) is 12.8. The van der Waals surface area contributed by atoms with Crippen LogP contribution < -0.4 is 0 Å². The second-order valence-corrected chi connectivity index (χ2v) is 12.8. The molecule has 2 heterocycles. The average molecular weight is 544 g/mol. The van der Waals surface area contributed by atoms with Gasteiger partial charge in [-0.15, -0.1) is 0 Å². The Morgan fingerprint density at radius 3 is 1.95 bits per heavy atom. The van der Waals surface area contributed by atoms with Crippen LogP contribution in [0.2, 0.25) is 0 Å². The number of amides is 2. The highest BCUT2D eigenvalue weighted by molar-refractivity contribution is 5.88. The Bertz CT molecular complexity index is 1150. The highest BCUT2D eigenvalue weighted by Gasteiger charge is 2.63. The molecular weight excluding hydrogens is 502 g/mol. The fourth-order valence-corrected chi connectivity index (χ4v) is 4.19. The monoisotopic (exact) mass is 543 g/mol. The number of aromatic nitrogens is 4. The third kappa shape index (κ3) is 8.00. The number of imidazole rings is 1. The molecule has 0 saturated heterocycles. The van der Waals surface area contributed by atoms with Crippen molar-refractivity contribution in [2.45, 2.75) is 104 Å². The number of hydrogen-bond acceptors (Lipinski definition) is 9. The summed E-state index contributed by atoms with van der Waals surface area (Å²) in [6.45, 7) is 16.0. The lowest BCUT2D eigenvalue weighted by Crippen LogP contribution is -2.44. The van der Waals surface area contributed by atoms with E-state index in [-0.39, 0.29) is 18.4 Å². The third-order valence-electron chi connectivity index (χ3n) is 5.85. The Hall–Kier alpha value is -3.50. The van der Waals surface area contributed by atoms with Crippen molar-refractivity contribution in [3.05, 3.63) is 36.7 Å². The van der Waals surface area contributed by atoms with Crippen molar-refractivity contribution in [3.63, 3.8) is 0 Å². The van der Waals surface area contributed by atoms with Crippen LogP contribution in [0.25, 0.3) is 5.95 Å². The SMILES string of the molecule is CC(C)(C)OC(=O)N(CCCC1CC1(C(=O)OC(C)(C)C)c1cn(-c2ncccn2)cn1)C(=O)OC(C)(C)C. The van der Waals surface area contributed by atoms with Crippen LogP contribution in [0.5, 0.6) is 0 Å². The van der Waals surface area contributed by atoms with Gasteiger partial charge >= 0.3 is 18.2 Å². The van der Waals surface area contributed by atoms with Gasteiger partial charge in [-0.2, -0.15) is 0 Å². The lowest BCUT2D eigenvalue weighted by molar-refractivity contribution is -0.158. The minimum Gasteiger partial charge on any atom is -0.459 e. The number of carbonyl (C=O) groups excluding carboxylic acids is 3. The maximum absolute atomic E-state index is 13.5. The van der Waals surface area contributed by atoms with Gasteiger partial charge in [0.05, 0.1) is 5.69 Å². The zero-order chi connectivity index (χ0) is 29.2. The van der Waals surface area contributed by atoms with Gasteiger partial charge in [-0.3, -0.25) is 9.36 Å². The quantitative estimate of drug-likeness (QED) is 0.341. The van der Waals surface area contributed by atoms with Gasteiger partial charge in [-0.25, -0.2) is 29.4 Å². The van der Waals surface area contributed by atoms with Crippen molar-refractivity contribution in [1.82, 2.24) is 24.4 Å². The predicted octanol–water partition coefficient (Wildman–Crippen LogP) is 5.21. The number of ether oxygens (including phenoxy) is 3. The first-order valence-electron chi connectivity index (χ1n) is 13.2. The maximum atomic E-state index is 13.5. The first kappa shape index (κ1) is 30.0. The molecule has 11 heteroatoms. The molecule has 0 N–H and O–H groups in total. The molecule has 2 aromatic rings. The van der Waals surface area contributed by atoms with E-state index in [1.165, 1.54) is 0 Å². The van der Waals surface area contributed by atoms with E-state index in [2.05, 4.69) is 15.0 Å². The standard InChI is InChI=1S/C28H41N5O6/c1-25(2,3)37-21(34)28(20-17-32(18-31-20)22-29-13-11-14-30-22)16-19(28)12-10-15-33(23(35)38-26(4,5)6)24(36)39-27(7,8)9/h11,13-14,17-19H,10,12,15-16H2,1-9H3. The van der Waals surface area contributed by atoms with Gasteiger partial charge in [-0.05, 0) is 93.6 Å². The molecule has 11 nitrogen and oxygen atoms in total. The molecule has 1 saturated carbocycles. The van der Waals surface area contributed by atoms with Gasteiger partial charge in [0.1, 0.15) is 28.5 Å². The molecule has 0 aliphatic heterocycles. The number of hydrogen-bond donors (Lipinski definition) is 0. The maximum Gasteiger partial charge on any atom is 0.419 e. The molecular formula is C28H41N5O6. The Morgan fingerprint density at radius 1 is 0.897 bits per heavy atom. The Balaban J connectivity index is 1.78. The van der Waals surface area contributed by atoms with E-state index in [1.54, 1.807) is 77.1 Å². The van der Waals surface area contributed by atoms with Gasteiger partial charge in [0.25, 0.3) is 0 Å². The van der Waals surface area contributed by atoms with Crippen molar-refractivity contribution in [2.24, 2.45) is 5.92 Å². The molecule has 0 bridgehead atoms. The van der Waals surface area contributed by atoms with Crippen LogP contribution in [-0.4, -0.2) is 65.9 Å². The van der Waals surface area contributed by atoms with Crippen LogP contribution in [0, 0.1) is 5.92 Å². The van der Waals surface area contributed by atoms with Crippen molar-refractivity contribution in [3.8, 4) is 5.95 Å². The molecule has 1 aliphatic carbocycles. The van der Waals surface area contributed by atoms with E-state index >= 15 is 0 Å². The van der Waals surface area contributed by atoms with E-state index in [0.29, 0.717) is 30.9 Å². The summed E-state index contributed by atoms with van der Waals surface area (Å²) in [7, 11) is 0. The molecule has 39 heavy (non-hydrogen) atoms. The van der Waals surface area contributed by atoms with Crippen molar-refractivity contribution < 1.29 is 28.6 Å². The summed E-state index contributed by atoms with van der Waals surface area (Å²) in [5, 5.41) is 0. The Labute approximate surface area is 230 Å². The summed E-state index contributed by atoms with van der Waals surface area (Å²) in [6.07, 6.45) is 6.59. The number of rotatable bonds is 7. The largest absolute Gasteiger partial charge is 0.459 e. The summed E-state index contributed by atoms with van der Waals surface area (Å²) in [5.74, 6) is 0.0000347. The van der Waals surface area contributed by atoms with Crippen molar-refractivity contribution in [1.29, 1.82) is 0 Å². The molecule has 2 aromatic heterocycles. The fraction of sp³-hybridized carbons (Fsp3) is 0.643. The Morgan fingerprint density at radius 2 is 1.44 bits per heavy atom. The molecule has 0 aromatic carbocycles.